The Bertz CT molecular complexity index is 1110. The van der Waals surface area contributed by atoms with Gasteiger partial charge in [0.1, 0.15) is 0 Å². The highest BCUT2D eigenvalue weighted by molar-refractivity contribution is 7.89. The lowest BCUT2D eigenvalue weighted by Gasteiger charge is -2.26. The maximum atomic E-state index is 12.8. The summed E-state index contributed by atoms with van der Waals surface area (Å²) in [5.41, 5.74) is 0.854. The van der Waals surface area contributed by atoms with Gasteiger partial charge in [-0.1, -0.05) is 35.1 Å². The van der Waals surface area contributed by atoms with Gasteiger partial charge in [-0.3, -0.25) is 10.1 Å². The number of sulfonamides is 1. The van der Waals surface area contributed by atoms with Gasteiger partial charge in [0.2, 0.25) is 10.0 Å². The van der Waals surface area contributed by atoms with E-state index in [2.05, 4.69) is 10.3 Å². The van der Waals surface area contributed by atoms with Gasteiger partial charge in [0.25, 0.3) is 5.91 Å². The smallest absolute Gasteiger partial charge is 0.259 e. The number of carbonyl (C=O) groups is 1. The minimum absolute atomic E-state index is 0.0215. The van der Waals surface area contributed by atoms with Crippen LogP contribution in [0.2, 0.25) is 5.02 Å². The van der Waals surface area contributed by atoms with Crippen LogP contribution in [0.15, 0.2) is 47.4 Å². The number of morpholine rings is 1. The van der Waals surface area contributed by atoms with E-state index in [1.54, 1.807) is 0 Å². The zero-order valence-corrected chi connectivity index (χ0v) is 17.0. The predicted molar refractivity (Wildman–Crippen MR) is 109 cm³/mol. The SMILES string of the molecule is O=C(Nc1nc2ccccc2s1)c1cc(S(=O)(=O)N2CCOCC2)ccc1Cl. The number of fused-ring (bicyclic) bond motifs is 1. The third kappa shape index (κ3) is 3.76. The first-order valence-corrected chi connectivity index (χ1v) is 11.1. The lowest BCUT2D eigenvalue weighted by Crippen LogP contribution is -2.40. The van der Waals surface area contributed by atoms with Gasteiger partial charge in [-0.05, 0) is 30.3 Å². The summed E-state index contributed by atoms with van der Waals surface area (Å²) < 4.78 is 33.2. The summed E-state index contributed by atoms with van der Waals surface area (Å²) >= 11 is 7.50. The van der Waals surface area contributed by atoms with Gasteiger partial charge >= 0.3 is 0 Å². The number of amides is 1. The minimum Gasteiger partial charge on any atom is -0.379 e. The van der Waals surface area contributed by atoms with Gasteiger partial charge < -0.3 is 4.74 Å². The number of hydrogen-bond donors (Lipinski definition) is 1. The number of carbonyl (C=O) groups excluding carboxylic acids is 1. The highest BCUT2D eigenvalue weighted by Crippen LogP contribution is 2.28. The summed E-state index contributed by atoms with van der Waals surface area (Å²) in [6.45, 7) is 1.24. The summed E-state index contributed by atoms with van der Waals surface area (Å²) in [6, 6.07) is 11.6. The van der Waals surface area contributed by atoms with E-state index in [-0.39, 0.29) is 28.6 Å². The Morgan fingerprint density at radius 1 is 1.18 bits per heavy atom. The number of nitrogens with zero attached hydrogens (tertiary/aromatic N) is 2. The fourth-order valence-electron chi connectivity index (χ4n) is 2.87. The molecule has 7 nitrogen and oxygen atoms in total. The van der Waals surface area contributed by atoms with Crippen molar-refractivity contribution in [2.24, 2.45) is 0 Å². The van der Waals surface area contributed by atoms with Crippen molar-refractivity contribution < 1.29 is 17.9 Å². The molecule has 1 fully saturated rings. The Balaban J connectivity index is 1.62. The van der Waals surface area contributed by atoms with Crippen molar-refractivity contribution in [2.45, 2.75) is 4.90 Å². The Kier molecular flexibility index (Phi) is 5.35. The zero-order valence-electron chi connectivity index (χ0n) is 14.6. The molecular formula is C18H16ClN3O4S2. The number of nitrogens with one attached hydrogen (secondary N) is 1. The van der Waals surface area contributed by atoms with Crippen LogP contribution in [0.5, 0.6) is 0 Å². The highest BCUT2D eigenvalue weighted by atomic mass is 35.5. The predicted octanol–water partition coefficient (Wildman–Crippen LogP) is 3.22. The average Bonchev–Trinajstić information content (AvgIpc) is 3.11. The molecule has 10 heteroatoms. The van der Waals surface area contributed by atoms with Crippen LogP contribution in [0.3, 0.4) is 0 Å². The van der Waals surface area contributed by atoms with E-state index in [4.69, 9.17) is 16.3 Å². The molecule has 1 aliphatic heterocycles. The van der Waals surface area contributed by atoms with Crippen LogP contribution < -0.4 is 5.32 Å². The Labute approximate surface area is 170 Å². The lowest BCUT2D eigenvalue weighted by atomic mass is 10.2. The van der Waals surface area contributed by atoms with E-state index in [1.165, 1.54) is 33.8 Å². The van der Waals surface area contributed by atoms with Crippen LogP contribution in [-0.2, 0) is 14.8 Å². The molecule has 0 atom stereocenters. The van der Waals surface area contributed by atoms with Gasteiger partial charge in [-0.2, -0.15) is 4.31 Å². The summed E-state index contributed by atoms with van der Waals surface area (Å²) in [7, 11) is -3.73. The number of aromatic nitrogens is 1. The number of ether oxygens (including phenoxy) is 1. The molecule has 1 amide bonds. The summed E-state index contributed by atoms with van der Waals surface area (Å²) in [5.74, 6) is -0.511. The number of benzene rings is 2. The molecule has 2 aromatic carbocycles. The Hall–Kier alpha value is -2.04. The first-order chi connectivity index (χ1) is 13.4. The number of halogens is 1. The molecule has 0 radical (unpaired) electrons. The lowest BCUT2D eigenvalue weighted by molar-refractivity contribution is 0.0730. The first kappa shape index (κ1) is 19.3. The van der Waals surface area contributed by atoms with Crippen molar-refractivity contribution >= 4 is 54.2 Å². The van der Waals surface area contributed by atoms with Gasteiger partial charge in [-0.15, -0.1) is 0 Å². The molecule has 28 heavy (non-hydrogen) atoms. The second-order valence-electron chi connectivity index (χ2n) is 6.10. The average molecular weight is 438 g/mol. The van der Waals surface area contributed by atoms with Gasteiger partial charge in [-0.25, -0.2) is 13.4 Å². The summed E-state index contributed by atoms with van der Waals surface area (Å²) in [5, 5.41) is 3.29. The van der Waals surface area contributed by atoms with E-state index in [9.17, 15) is 13.2 Å². The number of anilines is 1. The molecule has 0 aliphatic carbocycles. The maximum absolute atomic E-state index is 12.8. The van der Waals surface area contributed by atoms with E-state index in [0.29, 0.717) is 18.3 Å². The highest BCUT2D eigenvalue weighted by Gasteiger charge is 2.27. The fraction of sp³-hybridized carbons (Fsp3) is 0.222. The van der Waals surface area contributed by atoms with Crippen LogP contribution >= 0.6 is 22.9 Å². The van der Waals surface area contributed by atoms with Crippen LogP contribution in [0.25, 0.3) is 10.2 Å². The van der Waals surface area contributed by atoms with Crippen molar-refractivity contribution in [3.63, 3.8) is 0 Å². The van der Waals surface area contributed by atoms with Crippen molar-refractivity contribution in [1.82, 2.24) is 9.29 Å². The quantitative estimate of drug-likeness (QED) is 0.677. The monoisotopic (exact) mass is 437 g/mol. The van der Waals surface area contributed by atoms with E-state index in [1.807, 2.05) is 24.3 Å². The maximum Gasteiger partial charge on any atom is 0.259 e. The fourth-order valence-corrected chi connectivity index (χ4v) is 5.36. The molecule has 2 heterocycles. The third-order valence-corrected chi connectivity index (χ3v) is 7.48. The van der Waals surface area contributed by atoms with Gasteiger partial charge in [0.05, 0.1) is 38.9 Å². The second-order valence-corrected chi connectivity index (χ2v) is 9.47. The Morgan fingerprint density at radius 2 is 1.93 bits per heavy atom. The van der Waals surface area contributed by atoms with E-state index >= 15 is 0 Å². The second kappa shape index (κ2) is 7.76. The van der Waals surface area contributed by atoms with Crippen molar-refractivity contribution in [1.29, 1.82) is 0 Å². The third-order valence-electron chi connectivity index (χ3n) is 4.30. The van der Waals surface area contributed by atoms with Crippen LogP contribution in [0.4, 0.5) is 5.13 Å². The number of hydrogen-bond acceptors (Lipinski definition) is 6. The van der Waals surface area contributed by atoms with Crippen molar-refractivity contribution in [3.8, 4) is 0 Å². The van der Waals surface area contributed by atoms with Crippen LogP contribution in [-0.4, -0.2) is 49.9 Å². The number of para-hydroxylation sites is 1. The molecule has 1 N–H and O–H groups in total. The first-order valence-electron chi connectivity index (χ1n) is 8.49. The molecule has 146 valence electrons. The van der Waals surface area contributed by atoms with Crippen LogP contribution in [0.1, 0.15) is 10.4 Å². The normalized spacial score (nSPS) is 15.6. The molecule has 1 saturated heterocycles. The molecule has 0 saturated carbocycles. The molecule has 4 rings (SSSR count). The van der Waals surface area contributed by atoms with Gasteiger partial charge in [0.15, 0.2) is 5.13 Å². The summed E-state index contributed by atoms with van der Waals surface area (Å²) in [6.07, 6.45) is 0. The van der Waals surface area contributed by atoms with Gasteiger partial charge in [0, 0.05) is 13.1 Å². The van der Waals surface area contributed by atoms with Crippen molar-refractivity contribution in [2.75, 3.05) is 31.6 Å². The molecule has 3 aromatic rings. The number of rotatable bonds is 4. The van der Waals surface area contributed by atoms with Crippen LogP contribution in [0, 0.1) is 0 Å². The minimum atomic E-state index is -3.73. The largest absolute Gasteiger partial charge is 0.379 e. The van der Waals surface area contributed by atoms with E-state index in [0.717, 1.165) is 10.2 Å². The Morgan fingerprint density at radius 3 is 2.68 bits per heavy atom. The summed E-state index contributed by atoms with van der Waals surface area (Å²) in [4.78, 5) is 17.1. The van der Waals surface area contributed by atoms with E-state index < -0.39 is 15.9 Å². The zero-order chi connectivity index (χ0) is 19.7. The molecule has 0 spiro atoms. The molecule has 0 bridgehead atoms. The standard InChI is InChI=1S/C18H16ClN3O4S2/c19-14-6-5-12(28(24,25)22-7-9-26-10-8-22)11-13(14)17(23)21-18-20-15-3-1-2-4-16(15)27-18/h1-6,11H,7-10H2,(H,20,21,23). The molecule has 0 unspecified atom stereocenters. The molecular weight excluding hydrogens is 422 g/mol. The topological polar surface area (TPSA) is 88.6 Å². The van der Waals surface area contributed by atoms with Crippen molar-refractivity contribution in [3.05, 3.63) is 53.1 Å². The molecule has 1 aromatic heterocycles. The molecule has 1 aliphatic rings. The number of thiazole rings is 1.